The van der Waals surface area contributed by atoms with Crippen LogP contribution < -0.4 is 0 Å². The largest absolute Gasteiger partial charge is 0.249 e. The molecule has 0 aromatic carbocycles. The fraction of sp³-hybridized carbons (Fsp3) is 0.143. The zero-order chi connectivity index (χ0) is 6.97. The summed E-state index contributed by atoms with van der Waals surface area (Å²) in [6.07, 6.45) is 1.60. The van der Waals surface area contributed by atoms with Gasteiger partial charge in [0.25, 0.3) is 0 Å². The molecule has 0 fully saturated rings. The molecule has 2 aromatic heterocycles. The minimum atomic E-state index is 0. The number of aromatic nitrogens is 2. The quantitative estimate of drug-likeness (QED) is 0.654. The standard InChI is InChI=1S/C7H5N2S.Y/c1-5-4-10-6-2-3-8-9-7(5)6;/h3-4H,1H3;/q-1;. The van der Waals surface area contributed by atoms with Gasteiger partial charge in [0.1, 0.15) is 0 Å². The van der Waals surface area contributed by atoms with Crippen LogP contribution in [0.25, 0.3) is 10.2 Å². The van der Waals surface area contributed by atoms with Crippen LogP contribution in [0.15, 0.2) is 11.6 Å². The summed E-state index contributed by atoms with van der Waals surface area (Å²) in [6, 6.07) is 3.02. The van der Waals surface area contributed by atoms with Crippen LogP contribution in [0.5, 0.6) is 0 Å². The molecule has 0 saturated carbocycles. The molecule has 2 heterocycles. The number of aryl methyl sites for hydroxylation is 1. The van der Waals surface area contributed by atoms with Gasteiger partial charge in [0.05, 0.1) is 0 Å². The van der Waals surface area contributed by atoms with E-state index in [0.717, 1.165) is 10.2 Å². The summed E-state index contributed by atoms with van der Waals surface area (Å²) in [5, 5.41) is 9.78. The molecular formula is C7H5N2SY-. The summed E-state index contributed by atoms with van der Waals surface area (Å²) in [5.41, 5.74) is 2.16. The molecule has 2 rings (SSSR count). The van der Waals surface area contributed by atoms with Crippen LogP contribution in [-0.2, 0) is 32.7 Å². The van der Waals surface area contributed by atoms with Crippen molar-refractivity contribution in [3.05, 3.63) is 23.2 Å². The molecule has 11 heavy (non-hydrogen) atoms. The van der Waals surface area contributed by atoms with Gasteiger partial charge in [-0.05, 0) is 17.1 Å². The van der Waals surface area contributed by atoms with Gasteiger partial charge in [0, 0.05) is 32.7 Å². The van der Waals surface area contributed by atoms with Crippen molar-refractivity contribution in [1.82, 2.24) is 10.2 Å². The number of fused-ring (bicyclic) bond motifs is 1. The molecular weight excluding hydrogens is 233 g/mol. The predicted octanol–water partition coefficient (Wildman–Crippen LogP) is 1.80. The Balaban J connectivity index is 0.000000605. The van der Waals surface area contributed by atoms with E-state index in [9.17, 15) is 0 Å². The molecule has 0 aliphatic heterocycles. The molecule has 0 spiro atoms. The molecule has 0 unspecified atom stereocenters. The third-order valence-electron chi connectivity index (χ3n) is 1.35. The van der Waals surface area contributed by atoms with Gasteiger partial charge in [0.2, 0.25) is 0 Å². The van der Waals surface area contributed by atoms with Gasteiger partial charge in [0.15, 0.2) is 0 Å². The minimum absolute atomic E-state index is 0. The van der Waals surface area contributed by atoms with E-state index in [1.165, 1.54) is 5.56 Å². The van der Waals surface area contributed by atoms with Crippen LogP contribution in [0.3, 0.4) is 0 Å². The van der Waals surface area contributed by atoms with Crippen molar-refractivity contribution in [3.8, 4) is 0 Å². The van der Waals surface area contributed by atoms with E-state index < -0.39 is 0 Å². The number of thiophene rings is 1. The Morgan fingerprint density at radius 2 is 2.36 bits per heavy atom. The number of hydrogen-bond donors (Lipinski definition) is 0. The normalized spacial score (nSPS) is 9.55. The second-order valence-corrected chi connectivity index (χ2v) is 2.97. The van der Waals surface area contributed by atoms with Crippen molar-refractivity contribution in [2.75, 3.05) is 0 Å². The molecule has 0 aliphatic carbocycles. The van der Waals surface area contributed by atoms with Crippen LogP contribution in [0.4, 0.5) is 0 Å². The first-order valence-corrected chi connectivity index (χ1v) is 3.83. The van der Waals surface area contributed by atoms with Crippen LogP contribution in [0, 0.1) is 13.0 Å². The molecule has 0 aliphatic rings. The van der Waals surface area contributed by atoms with Gasteiger partial charge >= 0.3 is 0 Å². The number of nitrogens with zero attached hydrogens (tertiary/aromatic N) is 2. The molecule has 0 bridgehead atoms. The molecule has 53 valence electrons. The SMILES string of the molecule is Cc1csc2[c-]cnnc12.[Y]. The Bertz CT molecular complexity index is 358. The Morgan fingerprint density at radius 3 is 3.09 bits per heavy atom. The van der Waals surface area contributed by atoms with Gasteiger partial charge in [-0.25, -0.2) is 11.2 Å². The fourth-order valence-electron chi connectivity index (χ4n) is 0.839. The average molecular weight is 238 g/mol. The van der Waals surface area contributed by atoms with Gasteiger partial charge in [-0.1, -0.05) is 12.5 Å². The third kappa shape index (κ3) is 1.66. The van der Waals surface area contributed by atoms with Gasteiger partial charge < -0.3 is 0 Å². The summed E-state index contributed by atoms with van der Waals surface area (Å²) < 4.78 is 1.09. The van der Waals surface area contributed by atoms with E-state index in [1.807, 2.05) is 6.92 Å². The first-order chi connectivity index (χ1) is 4.88. The molecule has 1 radical (unpaired) electrons. The molecule has 0 saturated heterocycles. The van der Waals surface area contributed by atoms with Crippen molar-refractivity contribution < 1.29 is 32.7 Å². The topological polar surface area (TPSA) is 25.8 Å². The zero-order valence-corrected chi connectivity index (χ0v) is 9.69. The van der Waals surface area contributed by atoms with Gasteiger partial charge in [-0.2, -0.15) is 16.4 Å². The Morgan fingerprint density at radius 1 is 1.55 bits per heavy atom. The van der Waals surface area contributed by atoms with Crippen molar-refractivity contribution >= 4 is 21.6 Å². The smallest absolute Gasteiger partial charge is 0 e. The van der Waals surface area contributed by atoms with Gasteiger partial charge in [-0.15, -0.1) is 4.70 Å². The Hall–Kier alpha value is 0.144. The van der Waals surface area contributed by atoms with E-state index in [0.29, 0.717) is 0 Å². The van der Waals surface area contributed by atoms with Crippen molar-refractivity contribution in [2.24, 2.45) is 0 Å². The second kappa shape index (κ2) is 3.70. The zero-order valence-electron chi connectivity index (χ0n) is 6.03. The molecule has 0 amide bonds. The van der Waals surface area contributed by atoms with E-state index >= 15 is 0 Å². The summed E-state index contributed by atoms with van der Waals surface area (Å²) >= 11 is 1.66. The van der Waals surface area contributed by atoms with Crippen LogP contribution in [-0.4, -0.2) is 10.2 Å². The molecule has 2 aromatic rings. The third-order valence-corrected chi connectivity index (χ3v) is 2.37. The van der Waals surface area contributed by atoms with E-state index in [2.05, 4.69) is 21.6 Å². The first-order valence-electron chi connectivity index (χ1n) is 2.95. The number of hydrogen-bond acceptors (Lipinski definition) is 3. The minimum Gasteiger partial charge on any atom is -0.249 e. The van der Waals surface area contributed by atoms with E-state index in [4.69, 9.17) is 0 Å². The Kier molecular flexibility index (Phi) is 3.10. The summed E-state index contributed by atoms with van der Waals surface area (Å²) in [7, 11) is 0. The second-order valence-electron chi connectivity index (χ2n) is 2.09. The molecule has 4 heteroatoms. The van der Waals surface area contributed by atoms with Crippen molar-refractivity contribution in [1.29, 1.82) is 0 Å². The fourth-order valence-corrected chi connectivity index (χ4v) is 1.68. The maximum atomic E-state index is 3.97. The summed E-state index contributed by atoms with van der Waals surface area (Å²) in [4.78, 5) is 0. The average Bonchev–Trinajstić information content (AvgIpc) is 2.34. The van der Waals surface area contributed by atoms with Crippen molar-refractivity contribution in [3.63, 3.8) is 0 Å². The van der Waals surface area contributed by atoms with Crippen LogP contribution >= 0.6 is 11.3 Å². The maximum absolute atomic E-state index is 3.97. The molecule has 0 atom stereocenters. The number of rotatable bonds is 0. The van der Waals surface area contributed by atoms with Crippen molar-refractivity contribution in [2.45, 2.75) is 6.92 Å². The summed E-state index contributed by atoms with van der Waals surface area (Å²) in [5.74, 6) is 0. The van der Waals surface area contributed by atoms with E-state index in [-0.39, 0.29) is 32.7 Å². The maximum Gasteiger partial charge on any atom is 0 e. The van der Waals surface area contributed by atoms with E-state index in [1.54, 1.807) is 17.5 Å². The summed E-state index contributed by atoms with van der Waals surface area (Å²) in [6.45, 7) is 2.03. The van der Waals surface area contributed by atoms with Crippen LogP contribution in [0.2, 0.25) is 0 Å². The molecule has 2 nitrogen and oxygen atoms in total. The molecule has 0 N–H and O–H groups in total. The van der Waals surface area contributed by atoms with Gasteiger partial charge in [-0.3, -0.25) is 0 Å². The Labute approximate surface area is 93.9 Å². The van der Waals surface area contributed by atoms with Crippen LogP contribution in [0.1, 0.15) is 5.56 Å². The first kappa shape index (κ1) is 9.23. The predicted molar refractivity (Wildman–Crippen MR) is 41.0 cm³/mol. The monoisotopic (exact) mass is 238 g/mol.